The maximum absolute atomic E-state index is 4.21. The van der Waals surface area contributed by atoms with Gasteiger partial charge in [-0.15, -0.1) is 26.6 Å². The quantitative estimate of drug-likeness (QED) is 0.850. The van der Waals surface area contributed by atoms with Gasteiger partial charge in [-0.3, -0.25) is 4.90 Å². The second-order valence-corrected chi connectivity index (χ2v) is 6.18. The lowest BCUT2D eigenvalue weighted by Crippen LogP contribution is -2.31. The number of hydrogen-bond acceptors (Lipinski definition) is 7. The largest absolute Gasteiger partial charge is 0.354 e. The Morgan fingerprint density at radius 1 is 1.15 bits per heavy atom. The summed E-state index contributed by atoms with van der Waals surface area (Å²) in [5, 5.41) is 18.6. The first-order valence-corrected chi connectivity index (χ1v) is 7.67. The van der Waals surface area contributed by atoms with Gasteiger partial charge in [0.1, 0.15) is 10.0 Å². The van der Waals surface area contributed by atoms with E-state index in [2.05, 4.69) is 30.2 Å². The van der Waals surface area contributed by atoms with E-state index in [-0.39, 0.29) is 0 Å². The summed E-state index contributed by atoms with van der Waals surface area (Å²) in [7, 11) is 0. The molecule has 0 saturated carbocycles. The Balaban J connectivity index is 1.59. The van der Waals surface area contributed by atoms with E-state index in [0.717, 1.165) is 55.0 Å². The Labute approximate surface area is 122 Å². The van der Waals surface area contributed by atoms with Crippen LogP contribution in [0, 0.1) is 6.92 Å². The number of aryl methyl sites for hydroxylation is 1. The molecule has 0 unspecified atom stereocenters. The fraction of sp³-hybridized carbons (Fsp3) is 0.538. The van der Waals surface area contributed by atoms with Crippen molar-refractivity contribution in [1.29, 1.82) is 0 Å². The van der Waals surface area contributed by atoms with Crippen molar-refractivity contribution < 1.29 is 0 Å². The molecule has 0 spiro atoms. The zero-order chi connectivity index (χ0) is 13.8. The summed E-state index contributed by atoms with van der Waals surface area (Å²) in [6.07, 6.45) is 2.85. The maximum atomic E-state index is 4.21. The normalized spacial score (nSPS) is 17.1. The molecular weight excluding hydrogens is 272 g/mol. The van der Waals surface area contributed by atoms with Crippen molar-refractivity contribution in [3.63, 3.8) is 0 Å². The van der Waals surface area contributed by atoms with Crippen LogP contribution in [0.15, 0.2) is 18.3 Å². The lowest BCUT2D eigenvalue weighted by molar-refractivity contribution is 0.284. The first-order chi connectivity index (χ1) is 9.81. The van der Waals surface area contributed by atoms with Gasteiger partial charge in [-0.2, -0.15) is 5.10 Å². The highest BCUT2D eigenvalue weighted by atomic mass is 32.1. The van der Waals surface area contributed by atoms with Crippen LogP contribution in [-0.4, -0.2) is 51.5 Å². The van der Waals surface area contributed by atoms with Crippen LogP contribution in [0.25, 0.3) is 0 Å². The van der Waals surface area contributed by atoms with Gasteiger partial charge in [0.25, 0.3) is 0 Å². The average Bonchev–Trinajstić information content (AvgIpc) is 2.74. The Bertz CT molecular complexity index is 543. The van der Waals surface area contributed by atoms with Crippen molar-refractivity contribution in [2.75, 3.05) is 31.1 Å². The van der Waals surface area contributed by atoms with Gasteiger partial charge in [0.2, 0.25) is 0 Å². The monoisotopic (exact) mass is 290 g/mol. The van der Waals surface area contributed by atoms with Crippen LogP contribution < -0.4 is 4.90 Å². The van der Waals surface area contributed by atoms with E-state index in [1.54, 1.807) is 17.5 Å². The van der Waals surface area contributed by atoms with Gasteiger partial charge in [-0.05, 0) is 25.5 Å². The molecule has 7 heteroatoms. The van der Waals surface area contributed by atoms with Crippen LogP contribution in [0.1, 0.15) is 16.4 Å². The van der Waals surface area contributed by atoms with Crippen LogP contribution in [0.2, 0.25) is 0 Å². The zero-order valence-electron chi connectivity index (χ0n) is 11.6. The molecule has 0 N–H and O–H groups in total. The Kier molecular flexibility index (Phi) is 4.17. The molecule has 20 heavy (non-hydrogen) atoms. The zero-order valence-corrected chi connectivity index (χ0v) is 12.4. The smallest absolute Gasteiger partial charge is 0.151 e. The summed E-state index contributed by atoms with van der Waals surface area (Å²) in [5.74, 6) is 0.973. The van der Waals surface area contributed by atoms with Crippen LogP contribution >= 0.6 is 11.3 Å². The van der Waals surface area contributed by atoms with Gasteiger partial charge >= 0.3 is 0 Å². The molecule has 0 radical (unpaired) electrons. The van der Waals surface area contributed by atoms with Crippen molar-refractivity contribution in [1.82, 2.24) is 25.3 Å². The predicted molar refractivity (Wildman–Crippen MR) is 78.8 cm³/mol. The molecule has 0 amide bonds. The summed E-state index contributed by atoms with van der Waals surface area (Å²) in [6, 6.07) is 3.96. The summed E-state index contributed by atoms with van der Waals surface area (Å²) in [4.78, 5) is 4.74. The van der Waals surface area contributed by atoms with Gasteiger partial charge in [-0.25, -0.2) is 0 Å². The van der Waals surface area contributed by atoms with Crippen molar-refractivity contribution in [2.45, 2.75) is 19.9 Å². The number of nitrogens with zero attached hydrogens (tertiary/aromatic N) is 6. The second-order valence-electron chi connectivity index (χ2n) is 4.91. The average molecular weight is 290 g/mol. The molecular formula is C13H18N6S. The molecule has 0 aliphatic carbocycles. The minimum Gasteiger partial charge on any atom is -0.354 e. The Morgan fingerprint density at radius 2 is 2.10 bits per heavy atom. The summed E-state index contributed by atoms with van der Waals surface area (Å²) in [6.45, 7) is 7.03. The highest BCUT2D eigenvalue weighted by molar-refractivity contribution is 7.11. The van der Waals surface area contributed by atoms with Crippen molar-refractivity contribution in [3.8, 4) is 0 Å². The predicted octanol–water partition coefficient (Wildman–Crippen LogP) is 1.35. The third kappa shape index (κ3) is 3.29. The van der Waals surface area contributed by atoms with Crippen molar-refractivity contribution >= 4 is 17.2 Å². The van der Waals surface area contributed by atoms with E-state index in [1.807, 2.05) is 19.1 Å². The van der Waals surface area contributed by atoms with Crippen LogP contribution in [-0.2, 0) is 6.54 Å². The maximum Gasteiger partial charge on any atom is 0.151 e. The van der Waals surface area contributed by atoms with Gasteiger partial charge < -0.3 is 4.90 Å². The standard InChI is InChI=1S/C13H18N6S/c1-11-15-17-13(20-11)10-18-6-3-7-19(9-8-18)12-4-2-5-14-16-12/h2,4-5H,3,6-10H2,1H3. The van der Waals surface area contributed by atoms with E-state index in [9.17, 15) is 0 Å². The lowest BCUT2D eigenvalue weighted by atomic mass is 10.3. The van der Waals surface area contributed by atoms with E-state index in [0.29, 0.717) is 0 Å². The molecule has 0 bridgehead atoms. The molecule has 3 rings (SSSR count). The third-order valence-electron chi connectivity index (χ3n) is 3.40. The van der Waals surface area contributed by atoms with E-state index in [4.69, 9.17) is 0 Å². The highest BCUT2D eigenvalue weighted by Crippen LogP contribution is 2.15. The molecule has 0 aromatic carbocycles. The molecule has 0 atom stereocenters. The number of anilines is 1. The third-order valence-corrected chi connectivity index (χ3v) is 4.22. The molecule has 2 aromatic rings. The fourth-order valence-electron chi connectivity index (χ4n) is 2.41. The first kappa shape index (κ1) is 13.4. The molecule has 1 aliphatic rings. The Hall–Kier alpha value is -1.60. The Morgan fingerprint density at radius 3 is 2.85 bits per heavy atom. The molecule has 1 saturated heterocycles. The van der Waals surface area contributed by atoms with Crippen molar-refractivity contribution in [2.24, 2.45) is 0 Å². The SMILES string of the molecule is Cc1nnc(CN2CCCN(c3cccnn3)CC2)s1. The van der Waals surface area contributed by atoms with Crippen LogP contribution in [0.5, 0.6) is 0 Å². The van der Waals surface area contributed by atoms with Gasteiger partial charge in [0.15, 0.2) is 5.82 Å². The first-order valence-electron chi connectivity index (χ1n) is 6.85. The van der Waals surface area contributed by atoms with Gasteiger partial charge in [-0.1, -0.05) is 0 Å². The van der Waals surface area contributed by atoms with E-state index in [1.165, 1.54) is 0 Å². The van der Waals surface area contributed by atoms with Crippen LogP contribution in [0.4, 0.5) is 5.82 Å². The van der Waals surface area contributed by atoms with Gasteiger partial charge in [0, 0.05) is 32.4 Å². The molecule has 1 fully saturated rings. The number of aromatic nitrogens is 4. The van der Waals surface area contributed by atoms with Crippen LogP contribution in [0.3, 0.4) is 0 Å². The molecule has 1 aliphatic heterocycles. The minimum atomic E-state index is 0.903. The number of hydrogen-bond donors (Lipinski definition) is 0. The highest BCUT2D eigenvalue weighted by Gasteiger charge is 2.17. The summed E-state index contributed by atoms with van der Waals surface area (Å²) >= 11 is 1.69. The fourth-order valence-corrected chi connectivity index (χ4v) is 3.16. The van der Waals surface area contributed by atoms with Crippen molar-refractivity contribution in [3.05, 3.63) is 28.3 Å². The minimum absolute atomic E-state index is 0.903. The summed E-state index contributed by atoms with van der Waals surface area (Å²) in [5.41, 5.74) is 0. The van der Waals surface area contributed by atoms with Gasteiger partial charge in [0.05, 0.1) is 6.54 Å². The molecule has 3 heterocycles. The van der Waals surface area contributed by atoms with E-state index < -0.39 is 0 Å². The lowest BCUT2D eigenvalue weighted by Gasteiger charge is -2.21. The molecule has 106 valence electrons. The molecule has 2 aromatic heterocycles. The second kappa shape index (κ2) is 6.23. The molecule has 6 nitrogen and oxygen atoms in total. The van der Waals surface area contributed by atoms with E-state index >= 15 is 0 Å². The number of rotatable bonds is 3. The summed E-state index contributed by atoms with van der Waals surface area (Å²) < 4.78 is 0. The topological polar surface area (TPSA) is 58.0 Å².